The summed E-state index contributed by atoms with van der Waals surface area (Å²) in [5.74, 6) is 0.759. The van der Waals surface area contributed by atoms with Crippen molar-refractivity contribution in [2.24, 2.45) is 10.9 Å². The van der Waals surface area contributed by atoms with Crippen LogP contribution in [0.15, 0.2) is 47.6 Å². The van der Waals surface area contributed by atoms with E-state index in [1.165, 1.54) is 0 Å². The summed E-state index contributed by atoms with van der Waals surface area (Å²) in [5, 5.41) is 3.62. The van der Waals surface area contributed by atoms with Gasteiger partial charge >= 0.3 is 5.97 Å². The van der Waals surface area contributed by atoms with Crippen LogP contribution in [-0.2, 0) is 9.63 Å². The highest BCUT2D eigenvalue weighted by molar-refractivity contribution is 5.97. The first-order valence-corrected chi connectivity index (χ1v) is 7.37. The van der Waals surface area contributed by atoms with Crippen molar-refractivity contribution < 1.29 is 19.1 Å². The van der Waals surface area contributed by atoms with E-state index in [0.717, 1.165) is 11.1 Å². The maximum Gasteiger partial charge on any atom is 0.372 e. The summed E-state index contributed by atoms with van der Waals surface area (Å²) in [5.41, 5.74) is 8.63. The Morgan fingerprint density at radius 2 is 1.71 bits per heavy atom. The molecule has 2 aromatic rings. The molecule has 126 valence electrons. The van der Waals surface area contributed by atoms with Gasteiger partial charge in [-0.1, -0.05) is 11.2 Å². The maximum atomic E-state index is 11.7. The zero-order valence-electron chi connectivity index (χ0n) is 13.9. The largest absolute Gasteiger partial charge is 0.497 e. The zero-order valence-corrected chi connectivity index (χ0v) is 13.9. The summed E-state index contributed by atoms with van der Waals surface area (Å²) in [6.07, 6.45) is 0. The number of benzene rings is 2. The lowest BCUT2D eigenvalue weighted by atomic mass is 10.1. The molecular weight excluding hydrogens is 308 g/mol. The van der Waals surface area contributed by atoms with E-state index < -0.39 is 5.97 Å². The molecule has 0 atom stereocenters. The normalized spacial score (nSPS) is 11.0. The molecule has 0 saturated heterocycles. The monoisotopic (exact) mass is 328 g/mol. The first kappa shape index (κ1) is 17.3. The minimum atomic E-state index is -0.635. The van der Waals surface area contributed by atoms with E-state index in [-0.39, 0.29) is 12.4 Å². The van der Waals surface area contributed by atoms with Crippen molar-refractivity contribution in [2.45, 2.75) is 13.8 Å². The maximum absolute atomic E-state index is 11.7. The lowest BCUT2D eigenvalue weighted by molar-refractivity contribution is -0.146. The summed E-state index contributed by atoms with van der Waals surface area (Å²) in [7, 11) is 1.57. The van der Waals surface area contributed by atoms with Crippen LogP contribution in [0.4, 0.5) is 0 Å². The number of ether oxygens (including phenoxy) is 2. The van der Waals surface area contributed by atoms with E-state index in [4.69, 9.17) is 20.0 Å². The van der Waals surface area contributed by atoms with Gasteiger partial charge in [0.05, 0.1) is 7.11 Å². The first-order valence-electron chi connectivity index (χ1n) is 7.37. The molecule has 0 spiro atoms. The smallest absolute Gasteiger partial charge is 0.372 e. The summed E-state index contributed by atoms with van der Waals surface area (Å²) >= 11 is 0. The molecule has 0 aliphatic carbocycles. The van der Waals surface area contributed by atoms with E-state index in [9.17, 15) is 4.79 Å². The standard InChI is InChI=1S/C18H20N2O4/c1-12-4-7-16(10-13(12)2)23-11-17(21)24-20-18(19)14-5-8-15(22-3)9-6-14/h4-10H,11H2,1-3H3,(H2,19,20). The van der Waals surface area contributed by atoms with Gasteiger partial charge in [0.15, 0.2) is 12.4 Å². The third-order valence-corrected chi connectivity index (χ3v) is 3.47. The number of aryl methyl sites for hydroxylation is 2. The molecule has 24 heavy (non-hydrogen) atoms. The molecule has 6 heteroatoms. The SMILES string of the molecule is COc1ccc(C(N)=NOC(=O)COc2ccc(C)c(C)c2)cc1. The molecule has 0 aliphatic heterocycles. The Morgan fingerprint density at radius 1 is 1.04 bits per heavy atom. The molecule has 0 fully saturated rings. The lowest BCUT2D eigenvalue weighted by Crippen LogP contribution is -2.18. The van der Waals surface area contributed by atoms with Crippen molar-refractivity contribution in [1.82, 2.24) is 0 Å². The highest BCUT2D eigenvalue weighted by Crippen LogP contribution is 2.16. The number of methoxy groups -OCH3 is 1. The highest BCUT2D eigenvalue weighted by Gasteiger charge is 2.07. The average molecular weight is 328 g/mol. The van der Waals surface area contributed by atoms with E-state index in [0.29, 0.717) is 17.1 Å². The van der Waals surface area contributed by atoms with Crippen molar-refractivity contribution in [3.05, 3.63) is 59.2 Å². The van der Waals surface area contributed by atoms with E-state index in [1.807, 2.05) is 26.0 Å². The molecule has 6 nitrogen and oxygen atoms in total. The van der Waals surface area contributed by atoms with Crippen LogP contribution in [0, 0.1) is 13.8 Å². The van der Waals surface area contributed by atoms with Crippen molar-refractivity contribution in [3.8, 4) is 11.5 Å². The van der Waals surface area contributed by atoms with Gasteiger partial charge < -0.3 is 20.0 Å². The Labute approximate surface area is 140 Å². The van der Waals surface area contributed by atoms with Crippen molar-refractivity contribution in [3.63, 3.8) is 0 Å². The van der Waals surface area contributed by atoms with Crippen LogP contribution < -0.4 is 15.2 Å². The molecule has 0 aromatic heterocycles. The molecule has 0 unspecified atom stereocenters. The number of carbonyl (C=O) groups excluding carboxylic acids is 1. The molecule has 0 bridgehead atoms. The van der Waals surface area contributed by atoms with Crippen molar-refractivity contribution in [2.75, 3.05) is 13.7 Å². The predicted molar refractivity (Wildman–Crippen MR) is 91.2 cm³/mol. The van der Waals surface area contributed by atoms with Gasteiger partial charge in [0.25, 0.3) is 0 Å². The second kappa shape index (κ2) is 8.01. The van der Waals surface area contributed by atoms with Gasteiger partial charge in [-0.15, -0.1) is 0 Å². The quantitative estimate of drug-likeness (QED) is 0.381. The van der Waals surface area contributed by atoms with E-state index >= 15 is 0 Å². The minimum absolute atomic E-state index is 0.0946. The van der Waals surface area contributed by atoms with Crippen LogP contribution in [-0.4, -0.2) is 25.5 Å². The van der Waals surface area contributed by atoms with Crippen molar-refractivity contribution in [1.29, 1.82) is 0 Å². The van der Waals surface area contributed by atoms with Gasteiger partial charge in [-0.05, 0) is 61.4 Å². The summed E-state index contributed by atoms with van der Waals surface area (Å²) < 4.78 is 10.4. The number of hydrogen-bond acceptors (Lipinski definition) is 5. The Kier molecular flexibility index (Phi) is 5.78. The third-order valence-electron chi connectivity index (χ3n) is 3.47. The molecule has 2 aromatic carbocycles. The Bertz CT molecular complexity index is 739. The third kappa shape index (κ3) is 4.74. The average Bonchev–Trinajstić information content (AvgIpc) is 2.60. The van der Waals surface area contributed by atoms with Crippen LogP contribution >= 0.6 is 0 Å². The molecule has 0 saturated carbocycles. The van der Waals surface area contributed by atoms with E-state index in [1.54, 1.807) is 37.4 Å². The van der Waals surface area contributed by atoms with Crippen LogP contribution in [0.25, 0.3) is 0 Å². The fraction of sp³-hybridized carbons (Fsp3) is 0.222. The molecule has 0 heterocycles. The Hall–Kier alpha value is -3.02. The summed E-state index contributed by atoms with van der Waals surface area (Å²) in [4.78, 5) is 16.4. The minimum Gasteiger partial charge on any atom is -0.497 e. The topological polar surface area (TPSA) is 83.1 Å². The van der Waals surface area contributed by atoms with Gasteiger partial charge in [0.2, 0.25) is 0 Å². The summed E-state index contributed by atoms with van der Waals surface area (Å²) in [6.45, 7) is 3.73. The highest BCUT2D eigenvalue weighted by atomic mass is 16.7. The zero-order chi connectivity index (χ0) is 17.5. The van der Waals surface area contributed by atoms with Gasteiger partial charge in [0, 0.05) is 5.56 Å². The van der Waals surface area contributed by atoms with Crippen LogP contribution in [0.2, 0.25) is 0 Å². The number of oxime groups is 1. The molecule has 0 aliphatic rings. The van der Waals surface area contributed by atoms with Gasteiger partial charge in [0.1, 0.15) is 11.5 Å². The number of nitrogens with two attached hydrogens (primary N) is 1. The summed E-state index contributed by atoms with van der Waals surface area (Å²) in [6, 6.07) is 12.5. The lowest BCUT2D eigenvalue weighted by Gasteiger charge is -2.07. The molecule has 0 amide bonds. The van der Waals surface area contributed by atoms with Gasteiger partial charge in [-0.3, -0.25) is 0 Å². The molecule has 2 N–H and O–H groups in total. The van der Waals surface area contributed by atoms with Crippen LogP contribution in [0.5, 0.6) is 11.5 Å². The second-order valence-electron chi connectivity index (χ2n) is 5.20. The fourth-order valence-electron chi connectivity index (χ4n) is 1.89. The molecule has 0 radical (unpaired) electrons. The predicted octanol–water partition coefficient (Wildman–Crippen LogP) is 2.55. The first-order chi connectivity index (χ1) is 11.5. The fourth-order valence-corrected chi connectivity index (χ4v) is 1.89. The second-order valence-corrected chi connectivity index (χ2v) is 5.20. The number of nitrogens with zero attached hydrogens (tertiary/aromatic N) is 1. The number of rotatable bonds is 6. The number of amidine groups is 1. The molecular formula is C18H20N2O4. The molecule has 2 rings (SSSR count). The van der Waals surface area contributed by atoms with Gasteiger partial charge in [-0.25, -0.2) is 4.79 Å². The van der Waals surface area contributed by atoms with E-state index in [2.05, 4.69) is 5.16 Å². The number of carbonyl (C=O) groups is 1. The Morgan fingerprint density at radius 3 is 2.33 bits per heavy atom. The number of hydrogen-bond donors (Lipinski definition) is 1. The van der Waals surface area contributed by atoms with Crippen LogP contribution in [0.1, 0.15) is 16.7 Å². The van der Waals surface area contributed by atoms with Gasteiger partial charge in [-0.2, -0.15) is 0 Å². The van der Waals surface area contributed by atoms with Crippen molar-refractivity contribution >= 4 is 11.8 Å². The Balaban J connectivity index is 1.87. The van der Waals surface area contributed by atoms with Crippen LogP contribution in [0.3, 0.4) is 0 Å².